The van der Waals surface area contributed by atoms with E-state index in [9.17, 15) is 4.79 Å². The van der Waals surface area contributed by atoms with Crippen LogP contribution in [0.1, 0.15) is 31.7 Å². The second-order valence-electron chi connectivity index (χ2n) is 5.42. The SMILES string of the molecule is CC(CCN)CCC(=O)Cc1ccnc2ccccc12. The first-order valence-electron chi connectivity index (χ1n) is 7.25. The van der Waals surface area contributed by atoms with Crippen LogP contribution in [-0.4, -0.2) is 17.3 Å². The number of hydrogen-bond donors (Lipinski definition) is 1. The zero-order chi connectivity index (χ0) is 14.4. The van der Waals surface area contributed by atoms with Crippen LogP contribution in [0, 0.1) is 5.92 Å². The molecule has 0 aliphatic carbocycles. The van der Waals surface area contributed by atoms with Gasteiger partial charge in [0.2, 0.25) is 0 Å². The maximum atomic E-state index is 12.1. The van der Waals surface area contributed by atoms with Gasteiger partial charge in [0.05, 0.1) is 5.52 Å². The molecule has 2 N–H and O–H groups in total. The van der Waals surface area contributed by atoms with Crippen molar-refractivity contribution < 1.29 is 4.79 Å². The minimum Gasteiger partial charge on any atom is -0.330 e. The Hall–Kier alpha value is -1.74. The fourth-order valence-corrected chi connectivity index (χ4v) is 2.45. The number of hydrogen-bond acceptors (Lipinski definition) is 3. The van der Waals surface area contributed by atoms with Crippen molar-refractivity contribution in [2.45, 2.75) is 32.6 Å². The third kappa shape index (κ3) is 3.87. The molecule has 1 heterocycles. The zero-order valence-corrected chi connectivity index (χ0v) is 12.0. The number of pyridine rings is 1. The summed E-state index contributed by atoms with van der Waals surface area (Å²) >= 11 is 0. The Kier molecular flexibility index (Phi) is 5.24. The smallest absolute Gasteiger partial charge is 0.137 e. The molecule has 0 bridgehead atoms. The van der Waals surface area contributed by atoms with Gasteiger partial charge in [0, 0.05) is 24.4 Å². The number of aromatic nitrogens is 1. The Morgan fingerprint density at radius 3 is 2.85 bits per heavy atom. The van der Waals surface area contributed by atoms with Crippen LogP contribution in [0.15, 0.2) is 36.5 Å². The van der Waals surface area contributed by atoms with Crippen molar-refractivity contribution in [3.05, 3.63) is 42.1 Å². The van der Waals surface area contributed by atoms with Gasteiger partial charge in [0.1, 0.15) is 5.78 Å². The van der Waals surface area contributed by atoms with Gasteiger partial charge >= 0.3 is 0 Å². The van der Waals surface area contributed by atoms with E-state index in [1.807, 2.05) is 30.3 Å². The summed E-state index contributed by atoms with van der Waals surface area (Å²) in [7, 11) is 0. The molecule has 1 atom stereocenters. The Labute approximate surface area is 120 Å². The molecular formula is C17H22N2O. The Balaban J connectivity index is 1.99. The predicted octanol–water partition coefficient (Wildman–Crippen LogP) is 3.11. The monoisotopic (exact) mass is 270 g/mol. The molecule has 20 heavy (non-hydrogen) atoms. The van der Waals surface area contributed by atoms with E-state index in [-0.39, 0.29) is 0 Å². The first-order valence-corrected chi connectivity index (χ1v) is 7.25. The first-order chi connectivity index (χ1) is 9.70. The van der Waals surface area contributed by atoms with E-state index >= 15 is 0 Å². The molecule has 0 amide bonds. The standard InChI is InChI=1S/C17H22N2O/c1-13(8-10-18)6-7-15(20)12-14-9-11-19-17-5-3-2-4-16(14)17/h2-5,9,11,13H,6-8,10,12,18H2,1H3. The highest BCUT2D eigenvalue weighted by atomic mass is 16.1. The topological polar surface area (TPSA) is 56.0 Å². The van der Waals surface area contributed by atoms with Gasteiger partial charge in [-0.1, -0.05) is 25.1 Å². The quantitative estimate of drug-likeness (QED) is 0.841. The number of nitrogens with zero attached hydrogens (tertiary/aromatic N) is 1. The van der Waals surface area contributed by atoms with Gasteiger partial charge in [0.15, 0.2) is 0 Å². The van der Waals surface area contributed by atoms with Gasteiger partial charge in [0.25, 0.3) is 0 Å². The zero-order valence-electron chi connectivity index (χ0n) is 12.0. The number of nitrogens with two attached hydrogens (primary N) is 1. The lowest BCUT2D eigenvalue weighted by molar-refractivity contribution is -0.118. The van der Waals surface area contributed by atoms with Crippen LogP contribution in [0.25, 0.3) is 10.9 Å². The average molecular weight is 270 g/mol. The van der Waals surface area contributed by atoms with Gasteiger partial charge in [-0.05, 0) is 43.0 Å². The molecule has 0 saturated carbocycles. The fraction of sp³-hybridized carbons (Fsp3) is 0.412. The molecule has 0 aliphatic rings. The molecule has 1 unspecified atom stereocenters. The number of carbonyl (C=O) groups excluding carboxylic acids is 1. The molecule has 1 aromatic carbocycles. The van der Waals surface area contributed by atoms with Gasteiger partial charge in [-0.3, -0.25) is 9.78 Å². The van der Waals surface area contributed by atoms with E-state index in [2.05, 4.69) is 11.9 Å². The van der Waals surface area contributed by atoms with E-state index in [4.69, 9.17) is 5.73 Å². The largest absolute Gasteiger partial charge is 0.330 e. The molecule has 3 nitrogen and oxygen atoms in total. The number of ketones is 1. The van der Waals surface area contributed by atoms with E-state index in [0.29, 0.717) is 31.1 Å². The van der Waals surface area contributed by atoms with Crippen molar-refractivity contribution in [1.29, 1.82) is 0 Å². The summed E-state index contributed by atoms with van der Waals surface area (Å²) in [6, 6.07) is 9.91. The average Bonchev–Trinajstić information content (AvgIpc) is 2.46. The minimum absolute atomic E-state index is 0.297. The van der Waals surface area contributed by atoms with Crippen molar-refractivity contribution in [3.8, 4) is 0 Å². The van der Waals surface area contributed by atoms with Crippen LogP contribution in [0.5, 0.6) is 0 Å². The van der Waals surface area contributed by atoms with Crippen molar-refractivity contribution in [2.75, 3.05) is 6.54 Å². The highest BCUT2D eigenvalue weighted by Crippen LogP contribution is 2.18. The Morgan fingerprint density at radius 1 is 1.25 bits per heavy atom. The molecule has 0 saturated heterocycles. The van der Waals surface area contributed by atoms with Crippen LogP contribution in [-0.2, 0) is 11.2 Å². The lowest BCUT2D eigenvalue weighted by Gasteiger charge is -2.09. The molecule has 1 aromatic heterocycles. The minimum atomic E-state index is 0.297. The highest BCUT2D eigenvalue weighted by molar-refractivity contribution is 5.88. The summed E-state index contributed by atoms with van der Waals surface area (Å²) in [4.78, 5) is 16.4. The molecule has 3 heteroatoms. The number of Topliss-reactive ketones (excluding diaryl/α,β-unsaturated/α-hetero) is 1. The third-order valence-corrected chi connectivity index (χ3v) is 3.70. The highest BCUT2D eigenvalue weighted by Gasteiger charge is 2.09. The van der Waals surface area contributed by atoms with Crippen LogP contribution in [0.2, 0.25) is 0 Å². The summed E-state index contributed by atoms with van der Waals surface area (Å²) in [6.07, 6.45) is 4.84. The van der Waals surface area contributed by atoms with Gasteiger partial charge in [-0.2, -0.15) is 0 Å². The Morgan fingerprint density at radius 2 is 2.05 bits per heavy atom. The van der Waals surface area contributed by atoms with Crippen LogP contribution < -0.4 is 5.73 Å². The van der Waals surface area contributed by atoms with Crippen molar-refractivity contribution >= 4 is 16.7 Å². The second-order valence-corrected chi connectivity index (χ2v) is 5.42. The lowest BCUT2D eigenvalue weighted by Crippen LogP contribution is -2.09. The molecule has 0 fully saturated rings. The van der Waals surface area contributed by atoms with Crippen LogP contribution >= 0.6 is 0 Å². The van der Waals surface area contributed by atoms with E-state index in [1.54, 1.807) is 6.20 Å². The van der Waals surface area contributed by atoms with E-state index in [0.717, 1.165) is 29.3 Å². The van der Waals surface area contributed by atoms with E-state index < -0.39 is 0 Å². The first kappa shape index (κ1) is 14.7. The van der Waals surface area contributed by atoms with Crippen LogP contribution in [0.4, 0.5) is 0 Å². The molecule has 0 aliphatic heterocycles. The third-order valence-electron chi connectivity index (χ3n) is 3.70. The van der Waals surface area contributed by atoms with Crippen molar-refractivity contribution in [3.63, 3.8) is 0 Å². The summed E-state index contributed by atoms with van der Waals surface area (Å²) < 4.78 is 0. The molecule has 0 spiro atoms. The number of fused-ring (bicyclic) bond motifs is 1. The molecule has 2 rings (SSSR count). The maximum Gasteiger partial charge on any atom is 0.137 e. The number of para-hydroxylation sites is 1. The molecule has 2 aromatic rings. The van der Waals surface area contributed by atoms with Gasteiger partial charge in [-0.25, -0.2) is 0 Å². The summed E-state index contributed by atoms with van der Waals surface area (Å²) in [6.45, 7) is 2.85. The summed E-state index contributed by atoms with van der Waals surface area (Å²) in [5, 5.41) is 1.08. The van der Waals surface area contributed by atoms with E-state index in [1.165, 1.54) is 0 Å². The second kappa shape index (κ2) is 7.15. The fourth-order valence-electron chi connectivity index (χ4n) is 2.45. The number of carbonyl (C=O) groups is 1. The molecule has 0 radical (unpaired) electrons. The Bertz CT molecular complexity index is 575. The molecular weight excluding hydrogens is 248 g/mol. The number of benzene rings is 1. The predicted molar refractivity (Wildman–Crippen MR) is 82.5 cm³/mol. The maximum absolute atomic E-state index is 12.1. The number of rotatable bonds is 7. The van der Waals surface area contributed by atoms with Crippen LogP contribution in [0.3, 0.4) is 0 Å². The normalized spacial score (nSPS) is 12.5. The van der Waals surface area contributed by atoms with Crippen molar-refractivity contribution in [2.24, 2.45) is 11.7 Å². The summed E-state index contributed by atoms with van der Waals surface area (Å²) in [5.41, 5.74) is 7.56. The van der Waals surface area contributed by atoms with Gasteiger partial charge < -0.3 is 5.73 Å². The summed E-state index contributed by atoms with van der Waals surface area (Å²) in [5.74, 6) is 0.823. The molecule has 106 valence electrons. The van der Waals surface area contributed by atoms with Gasteiger partial charge in [-0.15, -0.1) is 0 Å². The van der Waals surface area contributed by atoms with Crippen molar-refractivity contribution in [1.82, 2.24) is 4.98 Å². The lowest BCUT2D eigenvalue weighted by atomic mass is 9.97.